The van der Waals surface area contributed by atoms with Crippen molar-refractivity contribution in [1.29, 1.82) is 0 Å². The molecule has 8 heteroatoms. The zero-order valence-electron chi connectivity index (χ0n) is 9.81. The van der Waals surface area contributed by atoms with E-state index in [0.717, 1.165) is 13.1 Å². The first-order chi connectivity index (χ1) is 8.04. The van der Waals surface area contributed by atoms with Crippen LogP contribution < -0.4 is 16.5 Å². The minimum atomic E-state index is 0.123. The molecular formula is C9H16ClN7. The Morgan fingerprint density at radius 3 is 2.59 bits per heavy atom. The number of nitrogens with two attached hydrogens (primary N) is 1. The summed E-state index contributed by atoms with van der Waals surface area (Å²) in [7, 11) is 0. The summed E-state index contributed by atoms with van der Waals surface area (Å²) in [6.07, 6.45) is 0. The van der Waals surface area contributed by atoms with Crippen LogP contribution in [0.1, 0.15) is 13.8 Å². The number of nitrogens with zero attached hydrogens (tertiary/aromatic N) is 4. The van der Waals surface area contributed by atoms with Gasteiger partial charge in [0.2, 0.25) is 0 Å². The van der Waals surface area contributed by atoms with Crippen LogP contribution in [0.3, 0.4) is 0 Å². The molecule has 1 aliphatic rings. The van der Waals surface area contributed by atoms with Crippen LogP contribution in [0.25, 0.3) is 0 Å². The zero-order valence-corrected chi connectivity index (χ0v) is 10.6. The fourth-order valence-corrected chi connectivity index (χ4v) is 2.01. The molecule has 4 N–H and O–H groups in total. The van der Waals surface area contributed by atoms with Crippen molar-refractivity contribution in [3.8, 4) is 0 Å². The monoisotopic (exact) mass is 257 g/mol. The number of nitrogen functional groups attached to an aromatic ring is 1. The summed E-state index contributed by atoms with van der Waals surface area (Å²) in [4.78, 5) is 4.02. The Kier molecular flexibility index (Phi) is 3.60. The number of piperazine rings is 1. The normalized spacial score (nSPS) is 25.8. The lowest BCUT2D eigenvalue weighted by molar-refractivity contribution is 0.204. The van der Waals surface area contributed by atoms with Gasteiger partial charge in [-0.15, -0.1) is 10.2 Å². The molecule has 1 aliphatic heterocycles. The van der Waals surface area contributed by atoms with Gasteiger partial charge in [0.1, 0.15) is 0 Å². The molecule has 94 valence electrons. The summed E-state index contributed by atoms with van der Waals surface area (Å²) in [6, 6.07) is 0.813. The predicted octanol–water partition coefficient (Wildman–Crippen LogP) is 0.116. The van der Waals surface area contributed by atoms with Crippen molar-refractivity contribution in [1.82, 2.24) is 25.5 Å². The van der Waals surface area contributed by atoms with Gasteiger partial charge in [-0.2, -0.15) is 4.98 Å². The van der Waals surface area contributed by atoms with Gasteiger partial charge in [0.25, 0.3) is 5.95 Å². The van der Waals surface area contributed by atoms with Crippen LogP contribution in [0.15, 0.2) is 0 Å². The largest absolute Gasteiger partial charge is 0.381 e. The van der Waals surface area contributed by atoms with Crippen LogP contribution in [-0.2, 0) is 0 Å². The van der Waals surface area contributed by atoms with E-state index in [4.69, 9.17) is 17.3 Å². The van der Waals surface area contributed by atoms with Gasteiger partial charge in [0.15, 0.2) is 11.0 Å². The highest BCUT2D eigenvalue weighted by molar-refractivity contribution is 6.31. The number of hydrogen-bond donors (Lipinski definition) is 3. The van der Waals surface area contributed by atoms with Crippen molar-refractivity contribution in [2.75, 3.05) is 24.2 Å². The fourth-order valence-electron chi connectivity index (χ4n) is 1.93. The van der Waals surface area contributed by atoms with Gasteiger partial charge < -0.3 is 11.1 Å². The SMILES string of the molecule is CC1CN(Nc2nnc(Cl)c(N)n2)CC(C)N1. The molecule has 0 bridgehead atoms. The smallest absolute Gasteiger partial charge is 0.259 e. The lowest BCUT2D eigenvalue weighted by Crippen LogP contribution is -2.55. The molecule has 0 aliphatic carbocycles. The minimum Gasteiger partial charge on any atom is -0.381 e. The van der Waals surface area contributed by atoms with Crippen LogP contribution >= 0.6 is 11.6 Å². The average Bonchev–Trinajstić information content (AvgIpc) is 2.22. The summed E-state index contributed by atoms with van der Waals surface area (Å²) < 4.78 is 0. The van der Waals surface area contributed by atoms with Crippen molar-refractivity contribution < 1.29 is 0 Å². The number of halogens is 1. The molecule has 0 saturated carbocycles. The first-order valence-corrected chi connectivity index (χ1v) is 5.85. The molecule has 0 radical (unpaired) electrons. The van der Waals surface area contributed by atoms with E-state index in [1.54, 1.807) is 0 Å². The third-order valence-corrected chi connectivity index (χ3v) is 2.76. The third kappa shape index (κ3) is 3.15. The second kappa shape index (κ2) is 4.99. The topological polar surface area (TPSA) is 92.0 Å². The van der Waals surface area contributed by atoms with E-state index >= 15 is 0 Å². The number of aromatic nitrogens is 3. The van der Waals surface area contributed by atoms with E-state index in [2.05, 4.69) is 39.8 Å². The maximum Gasteiger partial charge on any atom is 0.259 e. The average molecular weight is 258 g/mol. The van der Waals surface area contributed by atoms with Crippen LogP contribution in [0.5, 0.6) is 0 Å². The van der Waals surface area contributed by atoms with Gasteiger partial charge in [-0.05, 0) is 13.8 Å². The number of nitrogens with one attached hydrogen (secondary N) is 2. The highest BCUT2D eigenvalue weighted by Crippen LogP contribution is 2.13. The van der Waals surface area contributed by atoms with E-state index < -0.39 is 0 Å². The zero-order chi connectivity index (χ0) is 12.4. The first kappa shape index (κ1) is 12.3. The summed E-state index contributed by atoms with van der Waals surface area (Å²) in [5.41, 5.74) is 8.64. The van der Waals surface area contributed by atoms with Crippen molar-refractivity contribution in [3.63, 3.8) is 0 Å². The van der Waals surface area contributed by atoms with Crippen LogP contribution in [0.2, 0.25) is 5.15 Å². The lowest BCUT2D eigenvalue weighted by Gasteiger charge is -2.35. The second-order valence-electron chi connectivity index (χ2n) is 4.30. The highest BCUT2D eigenvalue weighted by Gasteiger charge is 2.21. The van der Waals surface area contributed by atoms with Crippen molar-refractivity contribution in [2.24, 2.45) is 0 Å². The molecule has 1 aromatic rings. The van der Waals surface area contributed by atoms with Crippen LogP contribution in [0.4, 0.5) is 11.8 Å². The molecule has 2 unspecified atom stereocenters. The third-order valence-electron chi connectivity index (χ3n) is 2.49. The Bertz CT molecular complexity index is 389. The van der Waals surface area contributed by atoms with E-state index in [9.17, 15) is 0 Å². The number of hydrogen-bond acceptors (Lipinski definition) is 7. The molecule has 1 aromatic heterocycles. The molecule has 1 saturated heterocycles. The maximum atomic E-state index is 5.66. The van der Waals surface area contributed by atoms with Gasteiger partial charge in [-0.3, -0.25) is 5.43 Å². The molecule has 1 fully saturated rings. The highest BCUT2D eigenvalue weighted by atomic mass is 35.5. The molecule has 2 atom stereocenters. The Labute approximate surface area is 105 Å². The number of anilines is 2. The fraction of sp³-hybridized carbons (Fsp3) is 0.667. The summed E-state index contributed by atoms with van der Waals surface area (Å²) in [6.45, 7) is 5.96. The molecule has 0 aromatic carbocycles. The summed E-state index contributed by atoms with van der Waals surface area (Å²) in [5.74, 6) is 0.550. The Hall–Kier alpha value is -1.18. The van der Waals surface area contributed by atoms with Gasteiger partial charge in [0, 0.05) is 25.2 Å². The lowest BCUT2D eigenvalue weighted by atomic mass is 10.2. The standard InChI is InChI=1S/C9H16ClN7/c1-5-3-17(4-6(2)12-5)16-9-13-8(11)7(10)14-15-9/h5-6,12H,3-4H2,1-2H3,(H3,11,13,15,16). The Morgan fingerprint density at radius 1 is 1.35 bits per heavy atom. The number of rotatable bonds is 2. The van der Waals surface area contributed by atoms with Crippen molar-refractivity contribution >= 4 is 23.4 Å². The second-order valence-corrected chi connectivity index (χ2v) is 4.66. The molecule has 17 heavy (non-hydrogen) atoms. The maximum absolute atomic E-state index is 5.66. The minimum absolute atomic E-state index is 0.123. The summed E-state index contributed by atoms with van der Waals surface area (Å²) >= 11 is 5.66. The van der Waals surface area contributed by atoms with E-state index in [1.807, 2.05) is 5.01 Å². The van der Waals surface area contributed by atoms with E-state index in [-0.39, 0.29) is 11.0 Å². The Balaban J connectivity index is 2.02. The first-order valence-electron chi connectivity index (χ1n) is 5.48. The van der Waals surface area contributed by atoms with Gasteiger partial charge in [0.05, 0.1) is 0 Å². The molecule has 0 amide bonds. The van der Waals surface area contributed by atoms with Crippen LogP contribution in [0, 0.1) is 0 Å². The van der Waals surface area contributed by atoms with E-state index in [1.165, 1.54) is 0 Å². The van der Waals surface area contributed by atoms with Crippen LogP contribution in [-0.4, -0.2) is 45.4 Å². The number of hydrazine groups is 1. The van der Waals surface area contributed by atoms with Gasteiger partial charge in [-0.25, -0.2) is 5.01 Å². The van der Waals surface area contributed by atoms with Crippen molar-refractivity contribution in [2.45, 2.75) is 25.9 Å². The van der Waals surface area contributed by atoms with Gasteiger partial charge >= 0.3 is 0 Å². The van der Waals surface area contributed by atoms with Gasteiger partial charge in [-0.1, -0.05) is 11.6 Å². The Morgan fingerprint density at radius 2 is 2.00 bits per heavy atom. The molecule has 2 heterocycles. The van der Waals surface area contributed by atoms with Crippen molar-refractivity contribution in [3.05, 3.63) is 5.15 Å². The molecule has 2 rings (SSSR count). The molecular weight excluding hydrogens is 242 g/mol. The van der Waals surface area contributed by atoms with E-state index in [0.29, 0.717) is 18.0 Å². The molecule has 0 spiro atoms. The predicted molar refractivity (Wildman–Crippen MR) is 66.5 cm³/mol. The quantitative estimate of drug-likeness (QED) is 0.693. The summed E-state index contributed by atoms with van der Waals surface area (Å²) in [5, 5.41) is 13.1. The molecule has 7 nitrogen and oxygen atoms in total.